The number of carbonyl (C=O) groups is 1. The summed E-state index contributed by atoms with van der Waals surface area (Å²) in [7, 11) is 0. The van der Waals surface area contributed by atoms with Gasteiger partial charge >= 0.3 is 0 Å². The van der Waals surface area contributed by atoms with E-state index in [4.69, 9.17) is 4.98 Å². The van der Waals surface area contributed by atoms with Crippen LogP contribution >= 0.6 is 15.9 Å². The summed E-state index contributed by atoms with van der Waals surface area (Å²) in [5, 5.41) is 8.17. The van der Waals surface area contributed by atoms with Gasteiger partial charge in [-0.25, -0.2) is 9.67 Å². The van der Waals surface area contributed by atoms with Crippen LogP contribution in [0.3, 0.4) is 0 Å². The summed E-state index contributed by atoms with van der Waals surface area (Å²) >= 11 is 3.40. The van der Waals surface area contributed by atoms with Crippen LogP contribution in [0.1, 0.15) is 40.5 Å². The number of aromatic nitrogens is 5. The Morgan fingerprint density at radius 3 is 2.69 bits per heavy atom. The molecule has 9 heteroatoms. The second-order valence-electron chi connectivity index (χ2n) is 7.95. The Kier molecular flexibility index (Phi) is 5.57. The molecule has 0 radical (unpaired) electrons. The van der Waals surface area contributed by atoms with Gasteiger partial charge in [0.1, 0.15) is 5.82 Å². The normalized spacial score (nSPS) is 16.4. The number of hydrogen-bond donors (Lipinski definition) is 1. The Hall–Kier alpha value is -3.33. The number of halogens is 1. The van der Waals surface area contributed by atoms with Gasteiger partial charge in [-0.1, -0.05) is 51.5 Å². The summed E-state index contributed by atoms with van der Waals surface area (Å²) in [6.07, 6.45) is 1.69. The average Bonchev–Trinajstić information content (AvgIpc) is 3.23. The van der Waals surface area contributed by atoms with Crippen molar-refractivity contribution in [2.45, 2.75) is 25.3 Å². The first-order valence-electron chi connectivity index (χ1n) is 10.5. The monoisotopic (exact) mass is 492 g/mol. The molecule has 0 bridgehead atoms. The zero-order valence-electron chi connectivity index (χ0n) is 17.2. The van der Waals surface area contributed by atoms with Crippen molar-refractivity contribution in [2.75, 3.05) is 13.1 Å². The van der Waals surface area contributed by atoms with E-state index < -0.39 is 0 Å². The van der Waals surface area contributed by atoms with Crippen molar-refractivity contribution in [3.63, 3.8) is 0 Å². The lowest BCUT2D eigenvalue weighted by atomic mass is 9.96. The van der Waals surface area contributed by atoms with Crippen molar-refractivity contribution in [2.24, 2.45) is 0 Å². The Balaban J connectivity index is 1.42. The van der Waals surface area contributed by atoms with Gasteiger partial charge in [-0.3, -0.25) is 9.59 Å². The van der Waals surface area contributed by atoms with E-state index in [1.165, 1.54) is 0 Å². The number of piperidine rings is 1. The van der Waals surface area contributed by atoms with Gasteiger partial charge in [0.05, 0.1) is 6.54 Å². The maximum absolute atomic E-state index is 13.0. The van der Waals surface area contributed by atoms with E-state index in [1.54, 1.807) is 4.68 Å². The van der Waals surface area contributed by atoms with Crippen LogP contribution in [-0.2, 0) is 6.54 Å². The zero-order chi connectivity index (χ0) is 22.1. The van der Waals surface area contributed by atoms with Crippen LogP contribution in [0.2, 0.25) is 0 Å². The van der Waals surface area contributed by atoms with E-state index in [1.807, 2.05) is 59.5 Å². The summed E-state index contributed by atoms with van der Waals surface area (Å²) in [6, 6.07) is 17.2. The fourth-order valence-corrected chi connectivity index (χ4v) is 4.36. The van der Waals surface area contributed by atoms with Gasteiger partial charge in [0.2, 0.25) is 0 Å². The molecule has 8 nitrogen and oxygen atoms in total. The van der Waals surface area contributed by atoms with E-state index in [-0.39, 0.29) is 22.9 Å². The number of rotatable bonds is 4. The van der Waals surface area contributed by atoms with Crippen molar-refractivity contribution < 1.29 is 4.79 Å². The number of benzene rings is 2. The topological polar surface area (TPSA) is 96.8 Å². The standard InChI is InChI=1S/C23H21BrN6O2/c24-18-10-8-16(9-11-18)23(32)29-12-4-7-17(14-29)20-25-21-19(22(31)26-20)27-28-30(21)13-15-5-2-1-3-6-15/h1-3,5-6,8-11,17H,4,7,12-14H2,(H,25,26,31). The minimum Gasteiger partial charge on any atom is -0.338 e. The van der Waals surface area contributed by atoms with Crippen LogP contribution in [0.15, 0.2) is 63.9 Å². The largest absolute Gasteiger partial charge is 0.338 e. The molecule has 2 aromatic carbocycles. The molecule has 162 valence electrons. The van der Waals surface area contributed by atoms with Crippen molar-refractivity contribution in [1.29, 1.82) is 0 Å². The average molecular weight is 493 g/mol. The lowest BCUT2D eigenvalue weighted by molar-refractivity contribution is 0.0704. The predicted octanol–water partition coefficient (Wildman–Crippen LogP) is 3.35. The second-order valence-corrected chi connectivity index (χ2v) is 8.87. The number of carbonyl (C=O) groups excluding carboxylic acids is 1. The lowest BCUT2D eigenvalue weighted by Crippen LogP contribution is -2.40. The van der Waals surface area contributed by atoms with Gasteiger partial charge in [-0.15, -0.1) is 5.10 Å². The number of fused-ring (bicyclic) bond motifs is 1. The third-order valence-electron chi connectivity index (χ3n) is 5.75. The SMILES string of the molecule is O=C(c1ccc(Br)cc1)N1CCCC(c2nc3c(nnn3Cc3ccccc3)c(=O)[nH]2)C1. The molecule has 4 aromatic rings. The van der Waals surface area contributed by atoms with Gasteiger partial charge in [0.15, 0.2) is 11.2 Å². The molecule has 3 heterocycles. The third-order valence-corrected chi connectivity index (χ3v) is 6.28. The summed E-state index contributed by atoms with van der Waals surface area (Å²) in [6.45, 7) is 1.67. The highest BCUT2D eigenvalue weighted by Gasteiger charge is 2.28. The molecule has 5 rings (SSSR count). The highest BCUT2D eigenvalue weighted by atomic mass is 79.9. The van der Waals surface area contributed by atoms with E-state index in [2.05, 4.69) is 31.2 Å². The number of amides is 1. The van der Waals surface area contributed by atoms with E-state index in [0.717, 1.165) is 22.9 Å². The molecule has 0 saturated carbocycles. The first-order valence-corrected chi connectivity index (χ1v) is 11.3. The lowest BCUT2D eigenvalue weighted by Gasteiger charge is -2.32. The summed E-state index contributed by atoms with van der Waals surface area (Å²) in [4.78, 5) is 35.1. The maximum Gasteiger partial charge on any atom is 0.281 e. The van der Waals surface area contributed by atoms with Crippen LogP contribution < -0.4 is 5.56 Å². The van der Waals surface area contributed by atoms with Gasteiger partial charge in [-0.05, 0) is 42.7 Å². The number of nitrogens with one attached hydrogen (secondary N) is 1. The molecule has 1 aliphatic heterocycles. The summed E-state index contributed by atoms with van der Waals surface area (Å²) in [5.74, 6) is 0.508. The van der Waals surface area contributed by atoms with E-state index in [9.17, 15) is 9.59 Å². The molecule has 1 fully saturated rings. The molecule has 1 amide bonds. The third kappa shape index (κ3) is 4.08. The Morgan fingerprint density at radius 2 is 1.91 bits per heavy atom. The molecule has 0 aliphatic carbocycles. The number of likely N-dealkylation sites (tertiary alicyclic amines) is 1. The molecule has 1 atom stereocenters. The van der Waals surface area contributed by atoms with Crippen molar-refractivity contribution >= 4 is 33.0 Å². The number of H-pyrrole nitrogens is 1. The highest BCUT2D eigenvalue weighted by molar-refractivity contribution is 9.10. The number of hydrogen-bond acceptors (Lipinski definition) is 5. The molecular weight excluding hydrogens is 472 g/mol. The quantitative estimate of drug-likeness (QED) is 0.471. The number of nitrogens with zero attached hydrogens (tertiary/aromatic N) is 5. The Bertz CT molecular complexity index is 1320. The van der Waals surface area contributed by atoms with Crippen molar-refractivity contribution in [3.8, 4) is 0 Å². The minimum atomic E-state index is -0.305. The van der Waals surface area contributed by atoms with Gasteiger partial charge in [0.25, 0.3) is 11.5 Å². The Labute approximate surface area is 192 Å². The van der Waals surface area contributed by atoms with Crippen LogP contribution in [0.25, 0.3) is 11.2 Å². The number of aromatic amines is 1. The molecule has 1 N–H and O–H groups in total. The summed E-state index contributed by atoms with van der Waals surface area (Å²) < 4.78 is 2.58. The van der Waals surface area contributed by atoms with Gasteiger partial charge in [-0.2, -0.15) is 0 Å². The van der Waals surface area contributed by atoms with E-state index in [0.29, 0.717) is 36.7 Å². The maximum atomic E-state index is 13.0. The molecule has 0 spiro atoms. The molecule has 2 aromatic heterocycles. The van der Waals surface area contributed by atoms with Crippen molar-refractivity contribution in [1.82, 2.24) is 29.9 Å². The fourth-order valence-electron chi connectivity index (χ4n) is 4.10. The minimum absolute atomic E-state index is 0.0126. The van der Waals surface area contributed by atoms with Crippen molar-refractivity contribution in [3.05, 3.63) is 86.4 Å². The second kappa shape index (κ2) is 8.66. The first kappa shape index (κ1) is 20.6. The molecule has 1 aliphatic rings. The van der Waals surface area contributed by atoms with Crippen LogP contribution in [-0.4, -0.2) is 48.9 Å². The van der Waals surface area contributed by atoms with Gasteiger partial charge < -0.3 is 9.88 Å². The molecular formula is C23H21BrN6O2. The smallest absolute Gasteiger partial charge is 0.281 e. The fraction of sp³-hybridized carbons (Fsp3) is 0.261. The van der Waals surface area contributed by atoms with Crippen LogP contribution in [0.4, 0.5) is 0 Å². The van der Waals surface area contributed by atoms with Gasteiger partial charge in [0, 0.05) is 29.0 Å². The first-order chi connectivity index (χ1) is 15.6. The van der Waals surface area contributed by atoms with Crippen LogP contribution in [0.5, 0.6) is 0 Å². The predicted molar refractivity (Wildman–Crippen MR) is 124 cm³/mol. The zero-order valence-corrected chi connectivity index (χ0v) is 18.8. The van der Waals surface area contributed by atoms with Crippen LogP contribution in [0, 0.1) is 0 Å². The molecule has 32 heavy (non-hydrogen) atoms. The molecule has 1 unspecified atom stereocenters. The van der Waals surface area contributed by atoms with E-state index >= 15 is 0 Å². The summed E-state index contributed by atoms with van der Waals surface area (Å²) in [5.41, 5.74) is 2.08. The Morgan fingerprint density at radius 1 is 1.12 bits per heavy atom. The molecule has 1 saturated heterocycles. The highest BCUT2D eigenvalue weighted by Crippen LogP contribution is 2.26.